The second-order valence-electron chi connectivity index (χ2n) is 9.31. The largest absolute Gasteiger partial charge is 0.489 e. The number of quaternary nitrogens is 1. The van der Waals surface area contributed by atoms with E-state index in [0.717, 1.165) is 37.5 Å². The summed E-state index contributed by atoms with van der Waals surface area (Å²) in [6.07, 6.45) is 1.96. The molecule has 1 fully saturated rings. The molecule has 4 aromatic rings. The van der Waals surface area contributed by atoms with Crippen LogP contribution in [0.15, 0.2) is 108 Å². The van der Waals surface area contributed by atoms with Crippen LogP contribution in [0.5, 0.6) is 5.75 Å². The minimum Gasteiger partial charge on any atom is -0.489 e. The molecule has 0 bridgehead atoms. The molecule has 174 valence electrons. The second kappa shape index (κ2) is 9.77. The van der Waals surface area contributed by atoms with Crippen molar-refractivity contribution in [2.45, 2.75) is 12.6 Å². The lowest BCUT2D eigenvalue weighted by molar-refractivity contribution is -0.929. The third kappa shape index (κ3) is 4.58. The molecule has 6 rings (SSSR count). The number of hydrogen-bond acceptors (Lipinski definition) is 3. The van der Waals surface area contributed by atoms with E-state index in [1.807, 2.05) is 36.5 Å². The van der Waals surface area contributed by atoms with Crippen LogP contribution in [0, 0.1) is 0 Å². The highest BCUT2D eigenvalue weighted by Gasteiger charge is 2.37. The maximum atomic E-state index is 5.97. The van der Waals surface area contributed by atoms with Gasteiger partial charge in [0.25, 0.3) is 0 Å². The number of benzene rings is 4. The van der Waals surface area contributed by atoms with Crippen molar-refractivity contribution in [2.75, 3.05) is 26.2 Å². The zero-order valence-corrected chi connectivity index (χ0v) is 19.8. The maximum absolute atomic E-state index is 5.97. The fraction of sp³-hybridized carbons (Fsp3) is 0.194. The van der Waals surface area contributed by atoms with Crippen LogP contribution in [0.3, 0.4) is 0 Å². The Labute approximate surface area is 207 Å². The first kappa shape index (κ1) is 21.6. The van der Waals surface area contributed by atoms with Crippen LogP contribution in [0.1, 0.15) is 28.3 Å². The summed E-state index contributed by atoms with van der Waals surface area (Å²) < 4.78 is 5.97. The van der Waals surface area contributed by atoms with E-state index in [9.17, 15) is 0 Å². The summed E-state index contributed by atoms with van der Waals surface area (Å²) >= 11 is 0. The molecule has 1 N–H and O–H groups in total. The van der Waals surface area contributed by atoms with Crippen molar-refractivity contribution in [3.05, 3.63) is 125 Å². The van der Waals surface area contributed by atoms with Crippen LogP contribution in [0.4, 0.5) is 0 Å². The molecular formula is C31H30N3O+. The van der Waals surface area contributed by atoms with Crippen molar-refractivity contribution < 1.29 is 9.64 Å². The Bertz CT molecular complexity index is 1280. The van der Waals surface area contributed by atoms with Crippen molar-refractivity contribution in [1.29, 1.82) is 0 Å². The number of nitrogens with one attached hydrogen (secondary N) is 1. The molecule has 0 spiro atoms. The highest BCUT2D eigenvalue weighted by atomic mass is 16.5. The van der Waals surface area contributed by atoms with E-state index in [1.165, 1.54) is 27.8 Å². The third-order valence-electron chi connectivity index (χ3n) is 7.10. The van der Waals surface area contributed by atoms with Crippen LogP contribution in [0.2, 0.25) is 0 Å². The molecule has 0 amide bonds. The van der Waals surface area contributed by atoms with Gasteiger partial charge < -0.3 is 9.64 Å². The number of piperazine rings is 1. The first-order valence-corrected chi connectivity index (χ1v) is 12.4. The Kier molecular flexibility index (Phi) is 6.04. The fourth-order valence-corrected chi connectivity index (χ4v) is 5.36. The van der Waals surface area contributed by atoms with E-state index in [4.69, 9.17) is 9.84 Å². The standard InChI is InChI=1S/C31H29N3O/c1-2-9-24(10-3-1)23-35-26-12-8-11-25(21-26)22-32-34-19-17-33(18-20-34)31-29-15-6-4-13-27(29)28-14-5-7-16-30(28)31/h1-16,21-22,31H,17-20,23H2/p+1/b32-22+. The van der Waals surface area contributed by atoms with Crippen LogP contribution in [-0.2, 0) is 6.61 Å². The smallest absolute Gasteiger partial charge is 0.140 e. The van der Waals surface area contributed by atoms with E-state index in [2.05, 4.69) is 77.8 Å². The maximum Gasteiger partial charge on any atom is 0.140 e. The minimum atomic E-state index is 0.423. The predicted octanol–water partition coefficient (Wildman–Crippen LogP) is 4.57. The molecule has 2 aliphatic rings. The fourth-order valence-electron chi connectivity index (χ4n) is 5.36. The summed E-state index contributed by atoms with van der Waals surface area (Å²) in [4.78, 5) is 1.63. The van der Waals surface area contributed by atoms with Gasteiger partial charge in [-0.2, -0.15) is 5.10 Å². The second-order valence-corrected chi connectivity index (χ2v) is 9.31. The Hall–Kier alpha value is -3.89. The van der Waals surface area contributed by atoms with E-state index in [0.29, 0.717) is 12.6 Å². The molecule has 0 aromatic heterocycles. The highest BCUT2D eigenvalue weighted by molar-refractivity contribution is 5.80. The SMILES string of the molecule is C(=N\N1CC[NH+](C2c3ccccc3-c3ccccc32)CC1)/c1cccc(OCc2ccccc2)c1. The number of fused-ring (bicyclic) bond motifs is 3. The minimum absolute atomic E-state index is 0.423. The first-order valence-electron chi connectivity index (χ1n) is 12.4. The first-order chi connectivity index (χ1) is 17.3. The van der Waals surface area contributed by atoms with Gasteiger partial charge >= 0.3 is 0 Å². The van der Waals surface area contributed by atoms with Crippen LogP contribution >= 0.6 is 0 Å². The average molecular weight is 461 g/mol. The van der Waals surface area contributed by atoms with Crippen LogP contribution in [-0.4, -0.2) is 37.4 Å². The molecule has 0 saturated carbocycles. The lowest BCUT2D eigenvalue weighted by Crippen LogP contribution is -3.14. The summed E-state index contributed by atoms with van der Waals surface area (Å²) in [6, 6.07) is 36.7. The van der Waals surface area contributed by atoms with Crippen molar-refractivity contribution in [1.82, 2.24) is 5.01 Å². The van der Waals surface area contributed by atoms with Gasteiger partial charge in [-0.25, -0.2) is 0 Å². The van der Waals surface area contributed by atoms with Crippen LogP contribution in [0.25, 0.3) is 11.1 Å². The number of nitrogens with zero attached hydrogens (tertiary/aromatic N) is 2. The molecule has 4 aromatic carbocycles. The lowest BCUT2D eigenvalue weighted by atomic mass is 10.0. The van der Waals surface area contributed by atoms with Crippen LogP contribution < -0.4 is 9.64 Å². The number of rotatable bonds is 6. The molecule has 0 atom stereocenters. The molecule has 4 heteroatoms. The zero-order valence-electron chi connectivity index (χ0n) is 19.8. The molecule has 1 aliphatic heterocycles. The Balaban J connectivity index is 1.09. The summed E-state index contributed by atoms with van der Waals surface area (Å²) in [5, 5.41) is 7.00. The molecule has 0 radical (unpaired) electrons. The number of hydrogen-bond donors (Lipinski definition) is 1. The summed E-state index contributed by atoms with van der Waals surface area (Å²) in [5.41, 5.74) is 7.95. The van der Waals surface area contributed by atoms with E-state index >= 15 is 0 Å². The molecular weight excluding hydrogens is 430 g/mol. The third-order valence-corrected chi connectivity index (χ3v) is 7.10. The van der Waals surface area contributed by atoms with Crippen molar-refractivity contribution in [3.8, 4) is 16.9 Å². The Morgan fingerprint density at radius 3 is 2.14 bits per heavy atom. The number of hydrazone groups is 1. The van der Waals surface area contributed by atoms with Gasteiger partial charge in [-0.3, -0.25) is 5.01 Å². The van der Waals surface area contributed by atoms with E-state index in [1.54, 1.807) is 4.90 Å². The topological polar surface area (TPSA) is 29.3 Å². The molecule has 1 saturated heterocycles. The summed E-state index contributed by atoms with van der Waals surface area (Å²) in [6.45, 7) is 4.63. The van der Waals surface area contributed by atoms with Gasteiger partial charge in [-0.05, 0) is 34.4 Å². The average Bonchev–Trinajstić information content (AvgIpc) is 3.26. The zero-order chi connectivity index (χ0) is 23.5. The van der Waals surface area contributed by atoms with Gasteiger partial charge in [0.1, 0.15) is 18.4 Å². The van der Waals surface area contributed by atoms with Gasteiger partial charge in [0.05, 0.1) is 32.4 Å². The predicted molar refractivity (Wildman–Crippen MR) is 141 cm³/mol. The molecule has 4 nitrogen and oxygen atoms in total. The van der Waals surface area contributed by atoms with Crippen molar-refractivity contribution >= 4 is 6.21 Å². The van der Waals surface area contributed by atoms with Gasteiger partial charge in [0, 0.05) is 11.1 Å². The molecule has 35 heavy (non-hydrogen) atoms. The van der Waals surface area contributed by atoms with Crippen molar-refractivity contribution in [3.63, 3.8) is 0 Å². The van der Waals surface area contributed by atoms with E-state index in [-0.39, 0.29) is 0 Å². The molecule has 1 aliphatic carbocycles. The van der Waals surface area contributed by atoms with E-state index < -0.39 is 0 Å². The van der Waals surface area contributed by atoms with Gasteiger partial charge in [-0.1, -0.05) is 91.0 Å². The summed E-state index contributed by atoms with van der Waals surface area (Å²) in [5.74, 6) is 0.866. The Morgan fingerprint density at radius 2 is 1.43 bits per heavy atom. The van der Waals surface area contributed by atoms with Gasteiger partial charge in [0.2, 0.25) is 0 Å². The highest BCUT2D eigenvalue weighted by Crippen LogP contribution is 2.41. The number of ether oxygens (including phenoxy) is 1. The normalized spacial score (nSPS) is 15.8. The monoisotopic (exact) mass is 460 g/mol. The molecule has 1 heterocycles. The summed E-state index contributed by atoms with van der Waals surface area (Å²) in [7, 11) is 0. The lowest BCUT2D eigenvalue weighted by Gasteiger charge is -2.34. The van der Waals surface area contributed by atoms with Crippen molar-refractivity contribution in [2.24, 2.45) is 5.10 Å². The van der Waals surface area contributed by atoms with Gasteiger partial charge in [-0.15, -0.1) is 0 Å². The molecule has 0 unspecified atom stereocenters. The van der Waals surface area contributed by atoms with Gasteiger partial charge in [0.15, 0.2) is 0 Å². The Morgan fingerprint density at radius 1 is 0.771 bits per heavy atom. The quantitative estimate of drug-likeness (QED) is 0.427.